The molecule has 0 aromatic rings. The first-order valence-corrected chi connectivity index (χ1v) is 13.4. The van der Waals surface area contributed by atoms with Crippen LogP contribution in [0.2, 0.25) is 0 Å². The van der Waals surface area contributed by atoms with Crippen LogP contribution in [0.4, 0.5) is 0 Å². The normalized spacial score (nSPS) is 59.2. The minimum atomic E-state index is -0.570. The van der Waals surface area contributed by atoms with Gasteiger partial charge < -0.3 is 10.2 Å². The summed E-state index contributed by atoms with van der Waals surface area (Å²) in [6.07, 6.45) is 9.08. The third kappa shape index (κ3) is 2.93. The molecule has 6 rings (SSSR count). The van der Waals surface area contributed by atoms with Crippen LogP contribution < -0.4 is 0 Å². The summed E-state index contributed by atoms with van der Waals surface area (Å²) in [5.41, 5.74) is -0.482. The van der Waals surface area contributed by atoms with Crippen molar-refractivity contribution in [2.75, 3.05) is 13.1 Å². The van der Waals surface area contributed by atoms with E-state index in [4.69, 9.17) is 0 Å². The Balaban J connectivity index is 1.31. The van der Waals surface area contributed by atoms with Gasteiger partial charge in [0.05, 0.1) is 11.7 Å². The smallest absolute Gasteiger partial charge is 0.136 e. The lowest BCUT2D eigenvalue weighted by atomic mass is 9.51. The summed E-state index contributed by atoms with van der Waals surface area (Å²) in [6, 6.07) is 0.341. The molecule has 0 aromatic heterocycles. The average molecular weight is 430 g/mol. The van der Waals surface area contributed by atoms with Crippen LogP contribution in [0, 0.1) is 52.8 Å². The van der Waals surface area contributed by atoms with Gasteiger partial charge in [0.1, 0.15) is 5.78 Å². The van der Waals surface area contributed by atoms with E-state index >= 15 is 0 Å². The monoisotopic (exact) mass is 429 g/mol. The van der Waals surface area contributed by atoms with Crippen molar-refractivity contribution in [3.05, 3.63) is 0 Å². The molecule has 2 N–H and O–H groups in total. The number of ketones is 1. The molecule has 2 aliphatic heterocycles. The van der Waals surface area contributed by atoms with E-state index in [9.17, 15) is 15.0 Å². The molecule has 0 amide bonds. The van der Waals surface area contributed by atoms with Crippen molar-refractivity contribution in [2.45, 2.75) is 96.3 Å². The fourth-order valence-corrected chi connectivity index (χ4v) is 10.4. The number of fused-ring (bicyclic) bond motifs is 8. The van der Waals surface area contributed by atoms with E-state index in [2.05, 4.69) is 25.7 Å². The minimum Gasteiger partial charge on any atom is -0.393 e. The van der Waals surface area contributed by atoms with Crippen LogP contribution in [0.1, 0.15) is 78.6 Å². The minimum absolute atomic E-state index is 0.0789. The predicted molar refractivity (Wildman–Crippen MR) is 120 cm³/mol. The molecule has 4 aliphatic carbocycles. The number of hydrogen-bond acceptors (Lipinski definition) is 4. The van der Waals surface area contributed by atoms with Crippen molar-refractivity contribution >= 4 is 5.78 Å². The third-order valence-electron chi connectivity index (χ3n) is 11.8. The van der Waals surface area contributed by atoms with E-state index in [1.54, 1.807) is 0 Å². The van der Waals surface area contributed by atoms with Gasteiger partial charge in [-0.05, 0) is 105 Å². The Kier molecular flexibility index (Phi) is 4.78. The summed E-state index contributed by atoms with van der Waals surface area (Å²) in [6.45, 7) is 9.23. The number of piperidine rings is 2. The summed E-state index contributed by atoms with van der Waals surface area (Å²) in [7, 11) is 0. The summed E-state index contributed by atoms with van der Waals surface area (Å²) < 4.78 is 0. The molecular formula is C27H43NO3. The van der Waals surface area contributed by atoms with Crippen LogP contribution in [0.15, 0.2) is 0 Å². The number of carbonyl (C=O) groups excluding carboxylic acids is 1. The molecule has 6 fully saturated rings. The number of nitrogens with zero attached hydrogens (tertiary/aromatic N) is 1. The molecule has 0 aromatic carbocycles. The summed E-state index contributed by atoms with van der Waals surface area (Å²) >= 11 is 0. The molecule has 2 saturated heterocycles. The van der Waals surface area contributed by atoms with Crippen molar-refractivity contribution in [3.8, 4) is 0 Å². The van der Waals surface area contributed by atoms with Gasteiger partial charge in [-0.3, -0.25) is 9.69 Å². The number of aliphatic hydroxyl groups is 2. The second kappa shape index (κ2) is 7.03. The number of carbonyl (C=O) groups is 1. The van der Waals surface area contributed by atoms with E-state index in [0.717, 1.165) is 44.6 Å². The van der Waals surface area contributed by atoms with Crippen LogP contribution in [0.3, 0.4) is 0 Å². The predicted octanol–water partition coefficient (Wildman–Crippen LogP) is 3.89. The van der Waals surface area contributed by atoms with Crippen molar-refractivity contribution < 1.29 is 15.0 Å². The van der Waals surface area contributed by atoms with Gasteiger partial charge >= 0.3 is 0 Å². The van der Waals surface area contributed by atoms with E-state index < -0.39 is 5.60 Å². The molecule has 6 aliphatic rings. The zero-order valence-corrected chi connectivity index (χ0v) is 19.8. The topological polar surface area (TPSA) is 60.8 Å². The van der Waals surface area contributed by atoms with Gasteiger partial charge in [0.25, 0.3) is 0 Å². The maximum absolute atomic E-state index is 13.2. The Labute approximate surface area is 188 Å². The first kappa shape index (κ1) is 21.1. The fraction of sp³-hybridized carbons (Fsp3) is 0.963. The largest absolute Gasteiger partial charge is 0.393 e. The Bertz CT molecular complexity index is 751. The number of rotatable bonds is 0. The highest BCUT2D eigenvalue weighted by Crippen LogP contribution is 2.66. The average Bonchev–Trinajstić information content (AvgIpc) is 3.09. The van der Waals surface area contributed by atoms with Crippen LogP contribution in [0.5, 0.6) is 0 Å². The molecule has 4 heteroatoms. The Morgan fingerprint density at radius 2 is 1.71 bits per heavy atom. The first-order chi connectivity index (χ1) is 14.7. The molecule has 0 bridgehead atoms. The van der Waals surface area contributed by atoms with Crippen LogP contribution in [0.25, 0.3) is 0 Å². The highest BCUT2D eigenvalue weighted by molar-refractivity contribution is 5.83. The molecule has 31 heavy (non-hydrogen) atoms. The standard InChI is InChI=1S/C27H43NO3/c1-15-4-7-25-27(3,31)21-6-5-17-18(20(21)14-28(25)13-15)11-22-19(17)12-24(30)23-10-16(29)8-9-26(22,23)2/h15-23,25,29,31H,4-14H2,1-3H3/t15-,16-,17-,18-,19-,20-,21+,22-,23+,25+,26-,27+/m1/s1. The molecule has 0 unspecified atom stereocenters. The molecule has 0 radical (unpaired) electrons. The summed E-state index contributed by atoms with van der Waals surface area (Å²) in [5, 5.41) is 22.1. The molecule has 4 nitrogen and oxygen atoms in total. The maximum atomic E-state index is 13.2. The Morgan fingerprint density at radius 3 is 2.52 bits per heavy atom. The van der Waals surface area contributed by atoms with Crippen molar-refractivity contribution in [1.29, 1.82) is 0 Å². The van der Waals surface area contributed by atoms with Crippen molar-refractivity contribution in [2.24, 2.45) is 52.8 Å². The quantitative estimate of drug-likeness (QED) is 0.613. The summed E-state index contributed by atoms with van der Waals surface area (Å²) in [5.74, 6) is 4.82. The highest BCUT2D eigenvalue weighted by atomic mass is 16.3. The molecule has 0 spiro atoms. The molecular weight excluding hydrogens is 386 g/mol. The zero-order chi connectivity index (χ0) is 21.7. The lowest BCUT2D eigenvalue weighted by Gasteiger charge is -2.59. The highest BCUT2D eigenvalue weighted by Gasteiger charge is 2.64. The van der Waals surface area contributed by atoms with Crippen LogP contribution in [-0.4, -0.2) is 51.7 Å². The van der Waals surface area contributed by atoms with Crippen LogP contribution >= 0.6 is 0 Å². The molecule has 12 atom stereocenters. The first-order valence-electron chi connectivity index (χ1n) is 13.4. The van der Waals surface area contributed by atoms with Gasteiger partial charge in [0.15, 0.2) is 0 Å². The molecule has 174 valence electrons. The lowest BCUT2D eigenvalue weighted by molar-refractivity contribution is -0.175. The SMILES string of the molecule is C[C@@H]1CC[C@@H]2N(C1)C[C@@H]1[C@@H]3C[C@@H]4[C@H](CC(=O)[C@@H]5C[C@H](O)CC[C@]45C)[C@@H]3CC[C@@H]1[C@]2(C)O. The second-order valence-corrected chi connectivity index (χ2v) is 13.2. The van der Waals surface area contributed by atoms with Gasteiger partial charge in [-0.25, -0.2) is 0 Å². The fourth-order valence-electron chi connectivity index (χ4n) is 10.4. The van der Waals surface area contributed by atoms with Crippen molar-refractivity contribution in [3.63, 3.8) is 0 Å². The van der Waals surface area contributed by atoms with Gasteiger partial charge in [0.2, 0.25) is 0 Å². The number of Topliss-reactive ketones (excluding diaryl/α,β-unsaturated/α-hetero) is 1. The van der Waals surface area contributed by atoms with E-state index in [-0.39, 0.29) is 17.4 Å². The number of aliphatic hydroxyl groups excluding tert-OH is 1. The maximum Gasteiger partial charge on any atom is 0.136 e. The Morgan fingerprint density at radius 1 is 0.903 bits per heavy atom. The number of hydrogen-bond donors (Lipinski definition) is 2. The van der Waals surface area contributed by atoms with Crippen LogP contribution in [-0.2, 0) is 4.79 Å². The zero-order valence-electron chi connectivity index (χ0n) is 19.8. The third-order valence-corrected chi connectivity index (χ3v) is 11.8. The van der Waals surface area contributed by atoms with Gasteiger partial charge in [-0.15, -0.1) is 0 Å². The van der Waals surface area contributed by atoms with E-state index in [1.807, 2.05) is 0 Å². The van der Waals surface area contributed by atoms with Gasteiger partial charge in [-0.2, -0.15) is 0 Å². The molecule has 4 saturated carbocycles. The molecule has 2 heterocycles. The van der Waals surface area contributed by atoms with E-state index in [0.29, 0.717) is 53.8 Å². The van der Waals surface area contributed by atoms with Gasteiger partial charge in [0, 0.05) is 31.5 Å². The van der Waals surface area contributed by atoms with E-state index in [1.165, 1.54) is 25.8 Å². The van der Waals surface area contributed by atoms with Crippen molar-refractivity contribution in [1.82, 2.24) is 4.90 Å². The lowest BCUT2D eigenvalue weighted by Crippen LogP contribution is -2.67. The van der Waals surface area contributed by atoms with Gasteiger partial charge in [-0.1, -0.05) is 13.8 Å². The second-order valence-electron chi connectivity index (χ2n) is 13.2. The summed E-state index contributed by atoms with van der Waals surface area (Å²) in [4.78, 5) is 15.9. The Hall–Kier alpha value is -0.450.